The molecule has 4 heteroatoms. The van der Waals surface area contributed by atoms with Gasteiger partial charge in [-0.15, -0.1) is 0 Å². The molecule has 0 atom stereocenters. The van der Waals surface area contributed by atoms with Crippen molar-refractivity contribution in [2.75, 3.05) is 26.2 Å². The first-order valence-electron chi connectivity index (χ1n) is 7.64. The number of hydrogen-bond donors (Lipinski definition) is 0. The first kappa shape index (κ1) is 14.4. The van der Waals surface area contributed by atoms with Crippen LogP contribution in [0.4, 0.5) is 0 Å². The van der Waals surface area contributed by atoms with Crippen LogP contribution in [-0.4, -0.2) is 47.8 Å². The van der Waals surface area contributed by atoms with E-state index in [9.17, 15) is 9.59 Å². The molecule has 0 aliphatic carbocycles. The molecule has 0 saturated carbocycles. The molecule has 0 N–H and O–H groups in total. The van der Waals surface area contributed by atoms with Gasteiger partial charge in [-0.1, -0.05) is 13.8 Å². The van der Waals surface area contributed by atoms with Crippen LogP contribution in [0.1, 0.15) is 46.0 Å². The van der Waals surface area contributed by atoms with E-state index in [-0.39, 0.29) is 11.8 Å². The van der Waals surface area contributed by atoms with Crippen LogP contribution in [-0.2, 0) is 9.59 Å². The van der Waals surface area contributed by atoms with Crippen LogP contribution in [0.15, 0.2) is 0 Å². The van der Waals surface area contributed by atoms with Gasteiger partial charge >= 0.3 is 0 Å². The lowest BCUT2D eigenvalue weighted by Gasteiger charge is -2.33. The van der Waals surface area contributed by atoms with Crippen LogP contribution in [0.2, 0.25) is 0 Å². The Morgan fingerprint density at radius 1 is 1.00 bits per heavy atom. The number of nitrogens with zero attached hydrogens (tertiary/aromatic N) is 2. The smallest absolute Gasteiger partial charge is 0.225 e. The normalized spacial score (nSPS) is 21.2. The fourth-order valence-electron chi connectivity index (χ4n) is 3.05. The molecule has 0 aromatic rings. The largest absolute Gasteiger partial charge is 0.343 e. The number of carbonyl (C=O) groups excluding carboxylic acids is 2. The van der Waals surface area contributed by atoms with Crippen LogP contribution < -0.4 is 0 Å². The summed E-state index contributed by atoms with van der Waals surface area (Å²) in [5, 5.41) is 0. The van der Waals surface area contributed by atoms with Gasteiger partial charge in [0.25, 0.3) is 0 Å². The summed E-state index contributed by atoms with van der Waals surface area (Å²) in [5.41, 5.74) is 0. The maximum Gasteiger partial charge on any atom is 0.225 e. The Morgan fingerprint density at radius 2 is 1.58 bits per heavy atom. The van der Waals surface area contributed by atoms with Crippen molar-refractivity contribution in [1.82, 2.24) is 9.80 Å². The first-order valence-corrected chi connectivity index (χ1v) is 7.64. The summed E-state index contributed by atoms with van der Waals surface area (Å²) in [7, 11) is 0. The zero-order chi connectivity index (χ0) is 13.8. The molecular formula is C15H26N2O2. The number of carbonyl (C=O) groups is 2. The lowest BCUT2D eigenvalue weighted by Crippen LogP contribution is -2.44. The number of hydrogen-bond acceptors (Lipinski definition) is 2. The summed E-state index contributed by atoms with van der Waals surface area (Å²) >= 11 is 0. The van der Waals surface area contributed by atoms with Crippen molar-refractivity contribution in [1.29, 1.82) is 0 Å². The Labute approximate surface area is 116 Å². The first-order chi connectivity index (χ1) is 9.08. The molecule has 0 aromatic heterocycles. The van der Waals surface area contributed by atoms with Gasteiger partial charge in [-0.25, -0.2) is 0 Å². The summed E-state index contributed by atoms with van der Waals surface area (Å²) < 4.78 is 0. The highest BCUT2D eigenvalue weighted by atomic mass is 16.2. The molecule has 0 unspecified atom stereocenters. The maximum atomic E-state index is 12.3. The number of piperidine rings is 1. The second-order valence-electron chi connectivity index (χ2n) is 6.29. The van der Waals surface area contributed by atoms with Crippen LogP contribution >= 0.6 is 0 Å². The fraction of sp³-hybridized carbons (Fsp3) is 0.867. The molecule has 0 bridgehead atoms. The summed E-state index contributed by atoms with van der Waals surface area (Å²) in [5.74, 6) is 1.15. The summed E-state index contributed by atoms with van der Waals surface area (Å²) in [6.07, 6.45) is 4.62. The van der Waals surface area contributed by atoms with E-state index >= 15 is 0 Å². The predicted molar refractivity (Wildman–Crippen MR) is 74.6 cm³/mol. The van der Waals surface area contributed by atoms with Gasteiger partial charge in [-0.2, -0.15) is 0 Å². The molecule has 2 aliphatic rings. The molecule has 19 heavy (non-hydrogen) atoms. The van der Waals surface area contributed by atoms with Crippen molar-refractivity contribution >= 4 is 11.8 Å². The Balaban J connectivity index is 1.78. The van der Waals surface area contributed by atoms with E-state index < -0.39 is 0 Å². The Bertz CT molecular complexity index is 327. The van der Waals surface area contributed by atoms with Crippen LogP contribution in [0.5, 0.6) is 0 Å². The maximum absolute atomic E-state index is 12.3. The van der Waals surface area contributed by atoms with Gasteiger partial charge in [0.2, 0.25) is 11.8 Å². The van der Waals surface area contributed by atoms with Crippen molar-refractivity contribution in [2.24, 2.45) is 11.8 Å². The summed E-state index contributed by atoms with van der Waals surface area (Å²) in [6.45, 7) is 7.53. The van der Waals surface area contributed by atoms with Gasteiger partial charge in [-0.05, 0) is 31.6 Å². The molecular weight excluding hydrogens is 240 g/mol. The van der Waals surface area contributed by atoms with E-state index in [0.717, 1.165) is 51.9 Å². The summed E-state index contributed by atoms with van der Waals surface area (Å²) in [4.78, 5) is 28.2. The van der Waals surface area contributed by atoms with Gasteiger partial charge in [0, 0.05) is 38.5 Å². The highest BCUT2D eigenvalue weighted by molar-refractivity contribution is 5.80. The average Bonchev–Trinajstić information content (AvgIpc) is 2.91. The highest BCUT2D eigenvalue weighted by Gasteiger charge is 2.31. The number of amides is 2. The van der Waals surface area contributed by atoms with Gasteiger partial charge < -0.3 is 9.80 Å². The van der Waals surface area contributed by atoms with Crippen molar-refractivity contribution < 1.29 is 9.59 Å². The molecule has 2 fully saturated rings. The molecule has 2 saturated heterocycles. The van der Waals surface area contributed by atoms with Crippen molar-refractivity contribution in [2.45, 2.75) is 46.0 Å². The lowest BCUT2D eigenvalue weighted by atomic mass is 9.94. The minimum absolute atomic E-state index is 0.154. The minimum atomic E-state index is 0.154. The molecule has 2 aliphatic heterocycles. The monoisotopic (exact) mass is 266 g/mol. The molecule has 0 radical (unpaired) electrons. The third kappa shape index (κ3) is 3.71. The SMILES string of the molecule is CC(C)CC(=O)N1CCC(C(=O)N2CCCC2)CC1. The van der Waals surface area contributed by atoms with E-state index in [0.29, 0.717) is 18.2 Å². The molecule has 2 rings (SSSR count). The van der Waals surface area contributed by atoms with Crippen molar-refractivity contribution in [3.8, 4) is 0 Å². The second-order valence-corrected chi connectivity index (χ2v) is 6.29. The van der Waals surface area contributed by atoms with E-state index in [1.54, 1.807) is 0 Å². The van der Waals surface area contributed by atoms with Gasteiger partial charge in [0.15, 0.2) is 0 Å². The Morgan fingerprint density at radius 3 is 2.11 bits per heavy atom. The van der Waals surface area contributed by atoms with Gasteiger partial charge in [-0.3, -0.25) is 9.59 Å². The quantitative estimate of drug-likeness (QED) is 0.782. The molecule has 4 nitrogen and oxygen atoms in total. The van der Waals surface area contributed by atoms with E-state index in [1.807, 2.05) is 9.80 Å². The highest BCUT2D eigenvalue weighted by Crippen LogP contribution is 2.22. The van der Waals surface area contributed by atoms with E-state index in [1.165, 1.54) is 0 Å². The van der Waals surface area contributed by atoms with E-state index in [4.69, 9.17) is 0 Å². The fourth-order valence-corrected chi connectivity index (χ4v) is 3.05. The molecule has 108 valence electrons. The zero-order valence-electron chi connectivity index (χ0n) is 12.2. The van der Waals surface area contributed by atoms with Gasteiger partial charge in [0.05, 0.1) is 0 Å². The standard InChI is InChI=1S/C15H26N2O2/c1-12(2)11-14(18)16-9-5-13(6-10-16)15(19)17-7-3-4-8-17/h12-13H,3-11H2,1-2H3. The topological polar surface area (TPSA) is 40.6 Å². The molecule has 2 amide bonds. The molecule has 2 heterocycles. The van der Waals surface area contributed by atoms with Gasteiger partial charge in [0.1, 0.15) is 0 Å². The average molecular weight is 266 g/mol. The Kier molecular flexibility index (Phi) is 4.83. The van der Waals surface area contributed by atoms with Crippen molar-refractivity contribution in [3.63, 3.8) is 0 Å². The van der Waals surface area contributed by atoms with Crippen LogP contribution in [0, 0.1) is 11.8 Å². The van der Waals surface area contributed by atoms with Crippen LogP contribution in [0.3, 0.4) is 0 Å². The third-order valence-corrected chi connectivity index (χ3v) is 4.20. The molecule has 0 spiro atoms. The third-order valence-electron chi connectivity index (χ3n) is 4.20. The number of likely N-dealkylation sites (tertiary alicyclic amines) is 2. The van der Waals surface area contributed by atoms with Crippen LogP contribution in [0.25, 0.3) is 0 Å². The number of rotatable bonds is 3. The molecule has 0 aromatic carbocycles. The predicted octanol–water partition coefficient (Wildman–Crippen LogP) is 1.89. The van der Waals surface area contributed by atoms with E-state index in [2.05, 4.69) is 13.8 Å². The van der Waals surface area contributed by atoms with Crippen molar-refractivity contribution in [3.05, 3.63) is 0 Å². The minimum Gasteiger partial charge on any atom is -0.343 e. The lowest BCUT2D eigenvalue weighted by molar-refractivity contribution is -0.140. The summed E-state index contributed by atoms with van der Waals surface area (Å²) in [6, 6.07) is 0. The zero-order valence-corrected chi connectivity index (χ0v) is 12.2. The Hall–Kier alpha value is -1.06. The second kappa shape index (κ2) is 6.40.